The molecule has 0 spiro atoms. The lowest BCUT2D eigenvalue weighted by Gasteiger charge is -2.21. The number of thioether (sulfide) groups is 1. The lowest BCUT2D eigenvalue weighted by atomic mass is 10.3. The van der Waals surface area contributed by atoms with Gasteiger partial charge in [-0.25, -0.2) is 14.2 Å². The topological polar surface area (TPSA) is 92.7 Å². The number of aromatic nitrogens is 2. The number of unbranched alkanes of at least 4 members (excludes halogenated alkanes) is 1. The molecule has 0 amide bonds. The predicted molar refractivity (Wildman–Crippen MR) is 160 cm³/mol. The Kier molecular flexibility index (Phi) is 12.1. The molecular formula is C26H35N2O6PS3. The van der Waals surface area contributed by atoms with Crippen LogP contribution in [0.2, 0.25) is 0 Å². The summed E-state index contributed by atoms with van der Waals surface area (Å²) in [6.07, 6.45) is 4.09. The van der Waals surface area contributed by atoms with Gasteiger partial charge in [-0.1, -0.05) is 39.7 Å². The molecule has 3 rings (SSSR count). The van der Waals surface area contributed by atoms with Gasteiger partial charge in [-0.15, -0.1) is 16.5 Å². The first-order valence-corrected chi connectivity index (χ1v) is 18.4. The summed E-state index contributed by atoms with van der Waals surface area (Å²) in [6.45, 7) is 8.55. The molecule has 0 saturated carbocycles. The van der Waals surface area contributed by atoms with Crippen molar-refractivity contribution in [2.45, 2.75) is 69.4 Å². The fraction of sp³-hybridized carbons (Fsp3) is 0.462. The predicted octanol–water partition coefficient (Wildman–Crippen LogP) is 7.68. The Bertz CT molecular complexity index is 1320. The van der Waals surface area contributed by atoms with Crippen LogP contribution in [0.1, 0.15) is 53.4 Å². The normalized spacial score (nSPS) is 13.7. The summed E-state index contributed by atoms with van der Waals surface area (Å²) in [5.74, 6) is -2.32. The summed E-state index contributed by atoms with van der Waals surface area (Å²) < 4.78 is 32.6. The van der Waals surface area contributed by atoms with Gasteiger partial charge in [-0.05, 0) is 84.7 Å². The third-order valence-electron chi connectivity index (χ3n) is 5.31. The lowest BCUT2D eigenvalue weighted by Crippen LogP contribution is -2.27. The van der Waals surface area contributed by atoms with Crippen LogP contribution in [0.3, 0.4) is 0 Å². The number of benzene rings is 2. The fourth-order valence-electron chi connectivity index (χ4n) is 3.44. The summed E-state index contributed by atoms with van der Waals surface area (Å²) >= 11 is 3.98. The Morgan fingerprint density at radius 3 is 2.47 bits per heavy atom. The molecule has 0 aliphatic rings. The van der Waals surface area contributed by atoms with Crippen molar-refractivity contribution in [3.05, 3.63) is 69.6 Å². The number of ether oxygens (including phenoxy) is 1. The first-order chi connectivity index (χ1) is 18.3. The third-order valence-corrected chi connectivity index (χ3v) is 13.7. The molecule has 208 valence electrons. The van der Waals surface area contributed by atoms with Crippen LogP contribution in [0.4, 0.5) is 0 Å². The van der Waals surface area contributed by atoms with E-state index in [1.165, 1.54) is 11.4 Å². The average Bonchev–Trinajstić information content (AvgIpc) is 3.17. The summed E-state index contributed by atoms with van der Waals surface area (Å²) in [6, 6.07) is 14.3. The van der Waals surface area contributed by atoms with Crippen molar-refractivity contribution in [2.24, 2.45) is 0 Å². The Hall–Kier alpha value is -1.94. The van der Waals surface area contributed by atoms with Gasteiger partial charge in [0.1, 0.15) is 11.5 Å². The molecule has 0 saturated heterocycles. The minimum atomic E-state index is -3.40. The summed E-state index contributed by atoms with van der Waals surface area (Å²) in [4.78, 5) is 26.7. The minimum Gasteiger partial charge on any atom is -0.494 e. The lowest BCUT2D eigenvalue weighted by molar-refractivity contribution is 0.309. The SMILES string of the molecule is CCCCSc1ccc(OP(=O)(SCn2c(=O)on(-c3cccc(OCC)c3)c2=O)SC(C)CCC)cc1. The zero-order valence-electron chi connectivity index (χ0n) is 22.2. The smallest absolute Gasteiger partial charge is 0.443 e. The Balaban J connectivity index is 1.79. The van der Waals surface area contributed by atoms with Crippen LogP contribution < -0.4 is 20.7 Å². The molecule has 0 radical (unpaired) electrons. The van der Waals surface area contributed by atoms with Crippen LogP contribution in [-0.2, 0) is 10.4 Å². The second kappa shape index (κ2) is 15.0. The minimum absolute atomic E-state index is 0.0706. The largest absolute Gasteiger partial charge is 0.494 e. The summed E-state index contributed by atoms with van der Waals surface area (Å²) in [7, 11) is 0. The molecule has 2 unspecified atom stereocenters. The average molecular weight is 599 g/mol. The van der Waals surface area contributed by atoms with E-state index in [4.69, 9.17) is 13.8 Å². The number of hydrogen-bond acceptors (Lipinski definition) is 9. The van der Waals surface area contributed by atoms with Gasteiger partial charge in [0.15, 0.2) is 0 Å². The van der Waals surface area contributed by atoms with Gasteiger partial charge < -0.3 is 13.8 Å². The molecule has 0 fully saturated rings. The van der Waals surface area contributed by atoms with Gasteiger partial charge in [0, 0.05) is 16.2 Å². The molecule has 3 aromatic rings. The van der Waals surface area contributed by atoms with Crippen molar-refractivity contribution >= 4 is 40.3 Å². The zero-order chi connectivity index (χ0) is 27.5. The van der Waals surface area contributed by atoms with Crippen LogP contribution in [0.25, 0.3) is 5.69 Å². The van der Waals surface area contributed by atoms with Crippen LogP contribution in [0.15, 0.2) is 67.5 Å². The number of nitrogens with zero attached hydrogens (tertiary/aromatic N) is 2. The molecule has 38 heavy (non-hydrogen) atoms. The molecule has 1 heterocycles. The monoisotopic (exact) mass is 598 g/mol. The molecule has 2 aromatic carbocycles. The molecule has 0 aliphatic heterocycles. The van der Waals surface area contributed by atoms with Crippen molar-refractivity contribution in [1.29, 1.82) is 0 Å². The van der Waals surface area contributed by atoms with Gasteiger partial charge in [-0.2, -0.15) is 0 Å². The number of hydrogen-bond donors (Lipinski definition) is 0. The molecule has 12 heteroatoms. The van der Waals surface area contributed by atoms with E-state index in [1.54, 1.807) is 36.0 Å². The Morgan fingerprint density at radius 1 is 1.03 bits per heavy atom. The molecule has 0 bridgehead atoms. The van der Waals surface area contributed by atoms with E-state index in [9.17, 15) is 14.2 Å². The van der Waals surface area contributed by atoms with E-state index in [0.717, 1.165) is 57.0 Å². The van der Waals surface area contributed by atoms with E-state index in [-0.39, 0.29) is 11.1 Å². The number of rotatable bonds is 16. The molecule has 1 aromatic heterocycles. The summed E-state index contributed by atoms with van der Waals surface area (Å²) in [5.41, 5.74) is -0.299. The molecule has 8 nitrogen and oxygen atoms in total. The molecule has 2 atom stereocenters. The van der Waals surface area contributed by atoms with E-state index in [2.05, 4.69) is 13.8 Å². The van der Waals surface area contributed by atoms with Gasteiger partial charge in [0.05, 0.1) is 18.2 Å². The van der Waals surface area contributed by atoms with Crippen molar-refractivity contribution < 1.29 is 18.3 Å². The van der Waals surface area contributed by atoms with E-state index in [0.29, 0.717) is 23.8 Å². The summed E-state index contributed by atoms with van der Waals surface area (Å²) in [5, 5.41) is 0.0706. The van der Waals surface area contributed by atoms with Crippen molar-refractivity contribution in [1.82, 2.24) is 9.31 Å². The van der Waals surface area contributed by atoms with E-state index in [1.807, 2.05) is 38.1 Å². The zero-order valence-corrected chi connectivity index (χ0v) is 25.5. The highest BCUT2D eigenvalue weighted by molar-refractivity contribution is 8.89. The van der Waals surface area contributed by atoms with Gasteiger partial charge >= 0.3 is 17.2 Å². The third kappa shape index (κ3) is 8.79. The molecular weight excluding hydrogens is 563 g/mol. The first kappa shape index (κ1) is 30.6. The van der Waals surface area contributed by atoms with Gasteiger partial charge in [-0.3, -0.25) is 4.57 Å². The highest BCUT2D eigenvalue weighted by Gasteiger charge is 2.31. The highest BCUT2D eigenvalue weighted by Crippen LogP contribution is 2.71. The van der Waals surface area contributed by atoms with Crippen molar-refractivity contribution in [3.63, 3.8) is 0 Å². The fourth-order valence-corrected chi connectivity index (χ4v) is 11.9. The first-order valence-electron chi connectivity index (χ1n) is 12.7. The standard InChI is InChI=1S/C26H35N2O6PS3/c1-5-8-17-36-24-15-13-22(14-16-24)34-35(31,38-20(4)10-6-2)37-19-27-25(29)28(33-26(27)30)21-11-9-12-23(18-21)32-7-3/h9,11-16,18,20H,5-8,10,17,19H2,1-4H3. The maximum atomic E-state index is 14.0. The quantitative estimate of drug-likeness (QED) is 0.0935. The van der Waals surface area contributed by atoms with Crippen LogP contribution >= 0.6 is 40.3 Å². The Labute approximate surface area is 235 Å². The van der Waals surface area contributed by atoms with Gasteiger partial charge in [0.2, 0.25) is 0 Å². The van der Waals surface area contributed by atoms with Crippen LogP contribution in [-0.4, -0.2) is 26.9 Å². The maximum Gasteiger partial charge on any atom is 0.443 e. The van der Waals surface area contributed by atoms with Crippen molar-refractivity contribution in [3.8, 4) is 17.2 Å². The van der Waals surface area contributed by atoms with E-state index < -0.39 is 17.2 Å². The highest BCUT2D eigenvalue weighted by atomic mass is 33.1. The van der Waals surface area contributed by atoms with Crippen LogP contribution in [0, 0.1) is 0 Å². The van der Waals surface area contributed by atoms with Crippen LogP contribution in [0.5, 0.6) is 11.5 Å². The van der Waals surface area contributed by atoms with Crippen molar-refractivity contribution in [2.75, 3.05) is 12.4 Å². The van der Waals surface area contributed by atoms with Gasteiger partial charge in [0.25, 0.3) is 0 Å². The second-order valence-corrected chi connectivity index (χ2v) is 17.2. The molecule has 0 N–H and O–H groups in total. The van der Waals surface area contributed by atoms with E-state index >= 15 is 0 Å². The maximum absolute atomic E-state index is 14.0. The molecule has 0 aliphatic carbocycles. The second-order valence-electron chi connectivity index (χ2n) is 8.47. The Morgan fingerprint density at radius 2 is 1.79 bits per heavy atom.